The summed E-state index contributed by atoms with van der Waals surface area (Å²) in [5, 5.41) is 3.89. The molecule has 2 amide bonds. The van der Waals surface area contributed by atoms with E-state index in [9.17, 15) is 4.79 Å². The Bertz CT molecular complexity index is 883. The summed E-state index contributed by atoms with van der Waals surface area (Å²) in [6.45, 7) is 5.81. The van der Waals surface area contributed by atoms with Gasteiger partial charge in [0, 0.05) is 24.3 Å². The van der Waals surface area contributed by atoms with Gasteiger partial charge in [0.2, 0.25) is 0 Å². The summed E-state index contributed by atoms with van der Waals surface area (Å²) in [6.07, 6.45) is 3.47. The highest BCUT2D eigenvalue weighted by Gasteiger charge is 2.25. The molecule has 1 unspecified atom stereocenters. The number of aromatic nitrogens is 2. The first-order valence-electron chi connectivity index (χ1n) is 9.76. The van der Waals surface area contributed by atoms with Crippen LogP contribution in [0, 0.1) is 6.92 Å². The van der Waals surface area contributed by atoms with Gasteiger partial charge in [0.05, 0.1) is 21.8 Å². The zero-order valence-electron chi connectivity index (χ0n) is 17.2. The van der Waals surface area contributed by atoms with Crippen molar-refractivity contribution in [1.29, 1.82) is 0 Å². The summed E-state index contributed by atoms with van der Waals surface area (Å²) in [5.41, 5.74) is 3.09. The van der Waals surface area contributed by atoms with E-state index in [0.717, 1.165) is 48.4 Å². The van der Waals surface area contributed by atoms with E-state index in [1.165, 1.54) is 6.33 Å². The number of amides is 2. The number of hydrogen-bond donors (Lipinski definition) is 1. The number of benzene rings is 1. The molecule has 1 aliphatic heterocycles. The van der Waals surface area contributed by atoms with E-state index in [4.69, 9.17) is 23.2 Å². The number of likely N-dealkylation sites (tertiary alicyclic amines) is 1. The van der Waals surface area contributed by atoms with Crippen molar-refractivity contribution in [3.63, 3.8) is 0 Å². The molecule has 0 radical (unpaired) electrons. The Morgan fingerprint density at radius 3 is 2.59 bits per heavy atom. The molecule has 156 valence electrons. The van der Waals surface area contributed by atoms with Crippen LogP contribution < -0.4 is 5.32 Å². The highest BCUT2D eigenvalue weighted by molar-refractivity contribution is 6.44. The fourth-order valence-corrected chi connectivity index (χ4v) is 4.21. The maximum absolute atomic E-state index is 12.7. The first kappa shape index (κ1) is 21.8. The van der Waals surface area contributed by atoms with Crippen molar-refractivity contribution in [2.45, 2.75) is 38.8 Å². The van der Waals surface area contributed by atoms with Gasteiger partial charge in [-0.2, -0.15) is 0 Å². The predicted molar refractivity (Wildman–Crippen MR) is 117 cm³/mol. The van der Waals surface area contributed by atoms with Crippen LogP contribution in [0.15, 0.2) is 24.5 Å². The van der Waals surface area contributed by atoms with Crippen LogP contribution in [0.5, 0.6) is 0 Å². The number of hydrogen-bond acceptors (Lipinski definition) is 4. The highest BCUT2D eigenvalue weighted by Crippen LogP contribution is 2.37. The SMILES string of the molecule is Cc1cc(-c2ccc(C(C)NC(=O)N(C)C3CCN(C)CC3)c(Cl)c2Cl)ncn1. The summed E-state index contributed by atoms with van der Waals surface area (Å²) < 4.78 is 0. The van der Waals surface area contributed by atoms with Gasteiger partial charge in [-0.3, -0.25) is 0 Å². The molecule has 3 rings (SSSR count). The van der Waals surface area contributed by atoms with Crippen LogP contribution in [0.25, 0.3) is 11.3 Å². The molecule has 0 aliphatic carbocycles. The van der Waals surface area contributed by atoms with Gasteiger partial charge in [-0.1, -0.05) is 35.3 Å². The molecule has 1 atom stereocenters. The van der Waals surface area contributed by atoms with Gasteiger partial charge in [0.25, 0.3) is 0 Å². The van der Waals surface area contributed by atoms with E-state index in [-0.39, 0.29) is 18.1 Å². The molecule has 2 heterocycles. The van der Waals surface area contributed by atoms with Gasteiger partial charge >= 0.3 is 6.03 Å². The molecule has 6 nitrogen and oxygen atoms in total. The van der Waals surface area contributed by atoms with Gasteiger partial charge in [-0.25, -0.2) is 14.8 Å². The van der Waals surface area contributed by atoms with Gasteiger partial charge < -0.3 is 15.1 Å². The summed E-state index contributed by atoms with van der Waals surface area (Å²) in [4.78, 5) is 25.2. The predicted octanol–water partition coefficient (Wildman–Crippen LogP) is 4.56. The van der Waals surface area contributed by atoms with Gasteiger partial charge in [-0.05, 0) is 58.5 Å². The molecule has 8 heteroatoms. The topological polar surface area (TPSA) is 61.4 Å². The maximum atomic E-state index is 12.7. The van der Waals surface area contributed by atoms with Crippen molar-refractivity contribution in [1.82, 2.24) is 25.1 Å². The fourth-order valence-electron chi connectivity index (χ4n) is 3.61. The third kappa shape index (κ3) is 5.00. The molecule has 0 saturated carbocycles. The summed E-state index contributed by atoms with van der Waals surface area (Å²) in [7, 11) is 3.96. The summed E-state index contributed by atoms with van der Waals surface area (Å²) >= 11 is 13.1. The van der Waals surface area contributed by atoms with E-state index in [0.29, 0.717) is 10.0 Å². The van der Waals surface area contributed by atoms with Crippen LogP contribution in [0.1, 0.15) is 37.1 Å². The lowest BCUT2D eigenvalue weighted by atomic mass is 10.0. The van der Waals surface area contributed by atoms with E-state index in [1.54, 1.807) is 4.90 Å². The molecule has 1 saturated heterocycles. The highest BCUT2D eigenvalue weighted by atomic mass is 35.5. The van der Waals surface area contributed by atoms with Crippen molar-refractivity contribution in [2.75, 3.05) is 27.2 Å². The third-order valence-corrected chi connectivity index (χ3v) is 6.45. The zero-order chi connectivity index (χ0) is 21.1. The molecule has 1 fully saturated rings. The molecule has 2 aromatic rings. The average molecular weight is 436 g/mol. The Kier molecular flexibility index (Phi) is 6.98. The Hall–Kier alpha value is -1.89. The van der Waals surface area contributed by atoms with E-state index >= 15 is 0 Å². The number of carbonyl (C=O) groups excluding carboxylic acids is 1. The summed E-state index contributed by atoms with van der Waals surface area (Å²) in [5.74, 6) is 0. The largest absolute Gasteiger partial charge is 0.331 e. The minimum Gasteiger partial charge on any atom is -0.331 e. The molecular weight excluding hydrogens is 409 g/mol. The average Bonchev–Trinajstić information content (AvgIpc) is 2.69. The van der Waals surface area contributed by atoms with Crippen LogP contribution in [0.2, 0.25) is 10.0 Å². The minimum atomic E-state index is -0.276. The van der Waals surface area contributed by atoms with Crippen LogP contribution >= 0.6 is 23.2 Å². The molecule has 1 aliphatic rings. The van der Waals surface area contributed by atoms with Crippen molar-refractivity contribution in [3.05, 3.63) is 45.8 Å². The normalized spacial score (nSPS) is 16.5. The van der Waals surface area contributed by atoms with E-state index < -0.39 is 0 Å². The minimum absolute atomic E-state index is 0.102. The van der Waals surface area contributed by atoms with Crippen LogP contribution in [-0.4, -0.2) is 59.0 Å². The Morgan fingerprint density at radius 1 is 1.24 bits per heavy atom. The first-order chi connectivity index (χ1) is 13.8. The number of nitrogens with zero attached hydrogens (tertiary/aromatic N) is 4. The molecule has 1 aromatic heterocycles. The van der Waals surface area contributed by atoms with E-state index in [2.05, 4.69) is 27.2 Å². The zero-order valence-corrected chi connectivity index (χ0v) is 18.8. The monoisotopic (exact) mass is 435 g/mol. The second-order valence-corrected chi connectivity index (χ2v) is 8.45. The molecular formula is C21H27Cl2N5O. The molecule has 0 bridgehead atoms. The van der Waals surface area contributed by atoms with Crippen LogP contribution in [0.3, 0.4) is 0 Å². The lowest BCUT2D eigenvalue weighted by molar-refractivity contribution is 0.146. The Labute approximate surface area is 182 Å². The lowest BCUT2D eigenvalue weighted by Crippen LogP contribution is -2.48. The number of piperidine rings is 1. The second-order valence-electron chi connectivity index (χ2n) is 7.69. The number of carbonyl (C=O) groups is 1. The number of aryl methyl sites for hydroxylation is 1. The van der Waals surface area contributed by atoms with Gasteiger partial charge in [0.15, 0.2) is 0 Å². The Morgan fingerprint density at radius 2 is 1.93 bits per heavy atom. The van der Waals surface area contributed by atoms with E-state index in [1.807, 2.05) is 39.1 Å². The second kappa shape index (κ2) is 9.28. The summed E-state index contributed by atoms with van der Waals surface area (Å²) in [6, 6.07) is 5.51. The molecule has 0 spiro atoms. The maximum Gasteiger partial charge on any atom is 0.317 e. The van der Waals surface area contributed by atoms with Gasteiger partial charge in [-0.15, -0.1) is 0 Å². The quantitative estimate of drug-likeness (QED) is 0.764. The van der Waals surface area contributed by atoms with Crippen molar-refractivity contribution in [3.8, 4) is 11.3 Å². The lowest BCUT2D eigenvalue weighted by Gasteiger charge is -2.35. The van der Waals surface area contributed by atoms with Gasteiger partial charge in [0.1, 0.15) is 6.33 Å². The van der Waals surface area contributed by atoms with Crippen LogP contribution in [-0.2, 0) is 0 Å². The number of nitrogens with one attached hydrogen (secondary N) is 1. The standard InChI is InChI=1S/C21H27Cl2N5O/c1-13-11-18(25-12-24-13)17-6-5-16(19(22)20(17)23)14(2)26-21(29)28(4)15-7-9-27(3)10-8-15/h5-6,11-12,14-15H,7-10H2,1-4H3,(H,26,29). The molecule has 1 N–H and O–H groups in total. The van der Waals surface area contributed by atoms with Crippen molar-refractivity contribution in [2.24, 2.45) is 0 Å². The Balaban J connectivity index is 1.73. The van der Waals surface area contributed by atoms with Crippen molar-refractivity contribution < 1.29 is 4.79 Å². The third-order valence-electron chi connectivity index (χ3n) is 5.55. The number of urea groups is 1. The van der Waals surface area contributed by atoms with Crippen molar-refractivity contribution >= 4 is 29.2 Å². The molecule has 29 heavy (non-hydrogen) atoms. The first-order valence-corrected chi connectivity index (χ1v) is 10.5. The van der Waals surface area contributed by atoms with Crippen LogP contribution in [0.4, 0.5) is 4.79 Å². The fraction of sp³-hybridized carbons (Fsp3) is 0.476. The molecule has 1 aromatic carbocycles. The number of halogens is 2. The smallest absolute Gasteiger partial charge is 0.317 e. The number of rotatable bonds is 4.